The van der Waals surface area contributed by atoms with Crippen LogP contribution >= 0.6 is 0 Å². The summed E-state index contributed by atoms with van der Waals surface area (Å²) in [6.45, 7) is -1.27. The lowest BCUT2D eigenvalue weighted by atomic mass is 10.1. The Bertz CT molecular complexity index is 389. The van der Waals surface area contributed by atoms with Crippen molar-refractivity contribution in [2.75, 3.05) is 7.11 Å². The Morgan fingerprint density at radius 2 is 2.00 bits per heavy atom. The first-order valence-corrected chi connectivity index (χ1v) is 5.02. The number of hydrogen-bond acceptors (Lipinski definition) is 3. The molecule has 0 saturated carbocycles. The van der Waals surface area contributed by atoms with E-state index in [4.69, 9.17) is 9.84 Å². The summed E-state index contributed by atoms with van der Waals surface area (Å²) in [5.74, 6) is 0.203. The third-order valence-corrected chi connectivity index (χ3v) is 1.97. The maximum atomic E-state index is 12.1. The summed E-state index contributed by atoms with van der Waals surface area (Å²) in [5.41, 5.74) is 0.726. The van der Waals surface area contributed by atoms with Crippen LogP contribution in [-0.2, 0) is 0 Å². The molecule has 0 aliphatic carbocycles. The van der Waals surface area contributed by atoms with Crippen LogP contribution in [0.25, 0.3) is 6.08 Å². The van der Waals surface area contributed by atoms with Gasteiger partial charge in [0.2, 0.25) is 0 Å². The van der Waals surface area contributed by atoms with Crippen molar-refractivity contribution < 1.29 is 23.4 Å². The fraction of sp³-hybridized carbons (Fsp3) is 0.333. The van der Waals surface area contributed by atoms with E-state index in [1.165, 1.54) is 13.2 Å². The summed E-state index contributed by atoms with van der Waals surface area (Å²) in [4.78, 5) is 0. The van der Waals surface area contributed by atoms with Gasteiger partial charge in [0.25, 0.3) is 0 Å². The highest BCUT2D eigenvalue weighted by Gasteiger charge is 2.10. The molecule has 0 bridgehead atoms. The van der Waals surface area contributed by atoms with Gasteiger partial charge < -0.3 is 14.6 Å². The van der Waals surface area contributed by atoms with E-state index in [9.17, 15) is 8.78 Å². The van der Waals surface area contributed by atoms with Crippen molar-refractivity contribution in [3.63, 3.8) is 0 Å². The van der Waals surface area contributed by atoms with Gasteiger partial charge in [0.1, 0.15) is 0 Å². The van der Waals surface area contributed by atoms with Crippen molar-refractivity contribution in [2.24, 2.45) is 0 Å². The lowest BCUT2D eigenvalue weighted by Gasteiger charge is -2.10. The molecule has 0 spiro atoms. The minimum absolute atomic E-state index is 0.0169. The van der Waals surface area contributed by atoms with E-state index in [0.717, 1.165) is 5.56 Å². The summed E-state index contributed by atoms with van der Waals surface area (Å²) >= 11 is 0. The SMILES string of the molecule is COc1cc(/C=C/C(C)O)ccc1OC(F)F. The number of alkyl halides is 2. The van der Waals surface area contributed by atoms with Gasteiger partial charge in [0.15, 0.2) is 11.5 Å². The Morgan fingerprint density at radius 3 is 2.53 bits per heavy atom. The minimum atomic E-state index is -2.89. The molecule has 1 unspecified atom stereocenters. The minimum Gasteiger partial charge on any atom is -0.493 e. The highest BCUT2D eigenvalue weighted by molar-refractivity contribution is 5.56. The standard InChI is InChI=1S/C12H14F2O3/c1-8(15)3-4-9-5-6-10(17-12(13)14)11(7-9)16-2/h3-8,12,15H,1-2H3/b4-3+. The van der Waals surface area contributed by atoms with Crippen LogP contribution in [0.15, 0.2) is 24.3 Å². The average Bonchev–Trinajstić information content (AvgIpc) is 2.26. The molecule has 1 aromatic rings. The zero-order chi connectivity index (χ0) is 12.8. The molecule has 0 radical (unpaired) electrons. The fourth-order valence-electron chi connectivity index (χ4n) is 1.23. The largest absolute Gasteiger partial charge is 0.493 e. The van der Waals surface area contributed by atoms with Crippen molar-refractivity contribution in [2.45, 2.75) is 19.6 Å². The number of halogens is 2. The normalized spacial score (nSPS) is 13.1. The second-order valence-electron chi connectivity index (χ2n) is 3.39. The van der Waals surface area contributed by atoms with E-state index in [0.29, 0.717) is 0 Å². The summed E-state index contributed by atoms with van der Waals surface area (Å²) in [7, 11) is 1.37. The van der Waals surface area contributed by atoms with Crippen molar-refractivity contribution in [3.8, 4) is 11.5 Å². The molecule has 0 aliphatic rings. The Morgan fingerprint density at radius 1 is 1.29 bits per heavy atom. The van der Waals surface area contributed by atoms with Crippen molar-refractivity contribution in [1.82, 2.24) is 0 Å². The molecule has 0 aromatic heterocycles. The van der Waals surface area contributed by atoms with Crippen molar-refractivity contribution in [3.05, 3.63) is 29.8 Å². The quantitative estimate of drug-likeness (QED) is 0.865. The molecule has 0 heterocycles. The van der Waals surface area contributed by atoms with Crippen LogP contribution in [-0.4, -0.2) is 24.9 Å². The highest BCUT2D eigenvalue weighted by Crippen LogP contribution is 2.29. The number of benzene rings is 1. The van der Waals surface area contributed by atoms with Crippen LogP contribution in [0.1, 0.15) is 12.5 Å². The third kappa shape index (κ3) is 4.40. The molecule has 5 heteroatoms. The summed E-state index contributed by atoms with van der Waals surface area (Å²) in [5, 5.41) is 9.07. The molecule has 1 aromatic carbocycles. The van der Waals surface area contributed by atoms with E-state index in [-0.39, 0.29) is 11.5 Å². The molecule has 94 valence electrons. The van der Waals surface area contributed by atoms with E-state index in [2.05, 4.69) is 4.74 Å². The summed E-state index contributed by atoms with van der Waals surface area (Å²) in [6.07, 6.45) is 2.67. The number of hydrogen-bond donors (Lipinski definition) is 1. The van der Waals surface area contributed by atoms with Crippen LogP contribution in [0.5, 0.6) is 11.5 Å². The van der Waals surface area contributed by atoms with Crippen LogP contribution < -0.4 is 9.47 Å². The van der Waals surface area contributed by atoms with Gasteiger partial charge in [-0.3, -0.25) is 0 Å². The van der Waals surface area contributed by atoms with Gasteiger partial charge in [-0.1, -0.05) is 18.2 Å². The Balaban J connectivity index is 2.92. The first-order chi connectivity index (χ1) is 8.02. The van der Waals surface area contributed by atoms with Crippen LogP contribution in [0.4, 0.5) is 8.78 Å². The number of aliphatic hydroxyl groups excluding tert-OH is 1. The Kier molecular flexibility index (Phi) is 4.90. The molecule has 3 nitrogen and oxygen atoms in total. The molecule has 1 rings (SSSR count). The molecule has 0 fully saturated rings. The first-order valence-electron chi connectivity index (χ1n) is 5.02. The van der Waals surface area contributed by atoms with Gasteiger partial charge in [-0.2, -0.15) is 8.78 Å². The smallest absolute Gasteiger partial charge is 0.387 e. The average molecular weight is 244 g/mol. The van der Waals surface area contributed by atoms with E-state index >= 15 is 0 Å². The Hall–Kier alpha value is -1.62. The second kappa shape index (κ2) is 6.20. The molecule has 17 heavy (non-hydrogen) atoms. The summed E-state index contributed by atoms with van der Waals surface area (Å²) < 4.78 is 33.4. The van der Waals surface area contributed by atoms with Gasteiger partial charge in [0, 0.05) is 0 Å². The predicted molar refractivity (Wildman–Crippen MR) is 60.3 cm³/mol. The molecule has 0 saturated heterocycles. The van der Waals surface area contributed by atoms with Gasteiger partial charge >= 0.3 is 6.61 Å². The number of methoxy groups -OCH3 is 1. The maximum absolute atomic E-state index is 12.1. The maximum Gasteiger partial charge on any atom is 0.387 e. The highest BCUT2D eigenvalue weighted by atomic mass is 19.3. The lowest BCUT2D eigenvalue weighted by molar-refractivity contribution is -0.0512. The zero-order valence-corrected chi connectivity index (χ0v) is 9.56. The fourth-order valence-corrected chi connectivity index (χ4v) is 1.23. The molecule has 0 amide bonds. The lowest BCUT2D eigenvalue weighted by Crippen LogP contribution is -2.03. The van der Waals surface area contributed by atoms with Crippen LogP contribution in [0.3, 0.4) is 0 Å². The second-order valence-corrected chi connectivity index (χ2v) is 3.39. The van der Waals surface area contributed by atoms with Crippen LogP contribution in [0, 0.1) is 0 Å². The van der Waals surface area contributed by atoms with E-state index in [1.807, 2.05) is 0 Å². The molecular formula is C12H14F2O3. The Labute approximate surface area is 98.3 Å². The van der Waals surface area contributed by atoms with Crippen molar-refractivity contribution in [1.29, 1.82) is 0 Å². The molecular weight excluding hydrogens is 230 g/mol. The molecule has 1 N–H and O–H groups in total. The monoisotopic (exact) mass is 244 g/mol. The number of rotatable bonds is 5. The van der Waals surface area contributed by atoms with Gasteiger partial charge in [0.05, 0.1) is 13.2 Å². The molecule has 1 atom stereocenters. The number of aliphatic hydroxyl groups is 1. The zero-order valence-electron chi connectivity index (χ0n) is 9.56. The van der Waals surface area contributed by atoms with Gasteiger partial charge in [-0.15, -0.1) is 0 Å². The van der Waals surface area contributed by atoms with Crippen LogP contribution in [0.2, 0.25) is 0 Å². The predicted octanol–water partition coefficient (Wildman–Crippen LogP) is 2.69. The number of ether oxygens (including phenoxy) is 2. The third-order valence-electron chi connectivity index (χ3n) is 1.97. The molecule has 0 aliphatic heterocycles. The van der Waals surface area contributed by atoms with E-state index in [1.54, 1.807) is 31.2 Å². The van der Waals surface area contributed by atoms with Gasteiger partial charge in [-0.25, -0.2) is 0 Å². The van der Waals surface area contributed by atoms with Crippen molar-refractivity contribution >= 4 is 6.08 Å². The van der Waals surface area contributed by atoms with E-state index < -0.39 is 12.7 Å². The topological polar surface area (TPSA) is 38.7 Å². The van der Waals surface area contributed by atoms with Gasteiger partial charge in [-0.05, 0) is 24.6 Å². The first kappa shape index (κ1) is 13.4. The summed E-state index contributed by atoms with van der Waals surface area (Å²) in [6, 6.07) is 4.54.